The summed E-state index contributed by atoms with van der Waals surface area (Å²) < 4.78 is 51.5. The summed E-state index contributed by atoms with van der Waals surface area (Å²) in [6, 6.07) is 3.19. The first kappa shape index (κ1) is 16.3. The molecule has 3 unspecified atom stereocenters. The first-order valence-electron chi connectivity index (χ1n) is 7.40. The highest BCUT2D eigenvalue weighted by molar-refractivity contribution is 5.29. The summed E-state index contributed by atoms with van der Waals surface area (Å²) in [6.07, 6.45) is -0.299. The SMILES string of the molecule is CCC1CCC(C(NC)c2ccc(C(F)(F)F)c(F)c2)C1. The van der Waals surface area contributed by atoms with E-state index >= 15 is 0 Å². The van der Waals surface area contributed by atoms with Crippen molar-refractivity contribution in [3.63, 3.8) is 0 Å². The molecule has 2 rings (SSSR count). The van der Waals surface area contributed by atoms with Crippen LogP contribution in [-0.4, -0.2) is 7.05 Å². The van der Waals surface area contributed by atoms with E-state index in [1.807, 2.05) is 0 Å². The number of benzene rings is 1. The highest BCUT2D eigenvalue weighted by Gasteiger charge is 2.35. The second kappa shape index (κ2) is 6.34. The molecule has 0 amide bonds. The Morgan fingerprint density at radius 1 is 1.29 bits per heavy atom. The van der Waals surface area contributed by atoms with Gasteiger partial charge in [-0.1, -0.05) is 25.8 Å². The number of halogens is 4. The van der Waals surface area contributed by atoms with Gasteiger partial charge in [-0.3, -0.25) is 0 Å². The number of hydrogen-bond donors (Lipinski definition) is 1. The van der Waals surface area contributed by atoms with Gasteiger partial charge in [0.1, 0.15) is 5.82 Å². The molecule has 0 radical (unpaired) electrons. The van der Waals surface area contributed by atoms with Gasteiger partial charge in [0.2, 0.25) is 0 Å². The predicted molar refractivity (Wildman–Crippen MR) is 74.3 cm³/mol. The molecular formula is C16H21F4N. The Morgan fingerprint density at radius 2 is 2.00 bits per heavy atom. The molecule has 1 saturated carbocycles. The maximum Gasteiger partial charge on any atom is 0.419 e. The van der Waals surface area contributed by atoms with Crippen molar-refractivity contribution in [1.29, 1.82) is 0 Å². The average molecular weight is 303 g/mol. The van der Waals surface area contributed by atoms with Gasteiger partial charge in [-0.25, -0.2) is 4.39 Å². The molecule has 1 aromatic carbocycles. The third-order valence-electron chi connectivity index (χ3n) is 4.60. The van der Waals surface area contributed by atoms with Gasteiger partial charge in [0, 0.05) is 6.04 Å². The lowest BCUT2D eigenvalue weighted by Gasteiger charge is -2.24. The lowest BCUT2D eigenvalue weighted by atomic mass is 9.90. The Hall–Kier alpha value is -1.10. The average Bonchev–Trinajstić information content (AvgIpc) is 2.87. The zero-order valence-electron chi connectivity index (χ0n) is 12.3. The second-order valence-corrected chi connectivity index (χ2v) is 5.85. The lowest BCUT2D eigenvalue weighted by Crippen LogP contribution is -2.24. The van der Waals surface area contributed by atoms with Crippen LogP contribution in [0.5, 0.6) is 0 Å². The minimum Gasteiger partial charge on any atom is -0.313 e. The van der Waals surface area contributed by atoms with Gasteiger partial charge in [0.05, 0.1) is 5.56 Å². The molecule has 21 heavy (non-hydrogen) atoms. The fraction of sp³-hybridized carbons (Fsp3) is 0.625. The van der Waals surface area contributed by atoms with E-state index in [-0.39, 0.29) is 6.04 Å². The summed E-state index contributed by atoms with van der Waals surface area (Å²) in [5.41, 5.74) is -0.594. The van der Waals surface area contributed by atoms with Crippen molar-refractivity contribution in [2.45, 2.75) is 44.8 Å². The van der Waals surface area contributed by atoms with Crippen LogP contribution in [0.3, 0.4) is 0 Å². The van der Waals surface area contributed by atoms with Gasteiger partial charge in [-0.15, -0.1) is 0 Å². The Bertz CT molecular complexity index is 484. The largest absolute Gasteiger partial charge is 0.419 e. The van der Waals surface area contributed by atoms with E-state index in [9.17, 15) is 17.6 Å². The smallest absolute Gasteiger partial charge is 0.313 e. The predicted octanol–water partition coefficient (Wildman–Crippen LogP) is 4.93. The van der Waals surface area contributed by atoms with E-state index < -0.39 is 17.6 Å². The number of hydrogen-bond acceptors (Lipinski definition) is 1. The summed E-state index contributed by atoms with van der Waals surface area (Å²) in [5.74, 6) is -0.161. The fourth-order valence-corrected chi connectivity index (χ4v) is 3.42. The summed E-state index contributed by atoms with van der Waals surface area (Å²) >= 11 is 0. The highest BCUT2D eigenvalue weighted by atomic mass is 19.4. The van der Waals surface area contributed by atoms with E-state index in [1.54, 1.807) is 7.05 Å². The Balaban J connectivity index is 2.22. The van der Waals surface area contributed by atoms with Gasteiger partial charge >= 0.3 is 6.18 Å². The summed E-state index contributed by atoms with van der Waals surface area (Å²) in [7, 11) is 1.78. The first-order valence-corrected chi connectivity index (χ1v) is 7.40. The number of alkyl halides is 3. The van der Waals surface area contributed by atoms with Gasteiger partial charge in [0.15, 0.2) is 0 Å². The number of rotatable bonds is 4. The molecule has 1 aromatic rings. The van der Waals surface area contributed by atoms with Crippen LogP contribution in [0, 0.1) is 17.7 Å². The Morgan fingerprint density at radius 3 is 2.48 bits per heavy atom. The van der Waals surface area contributed by atoms with Crippen molar-refractivity contribution in [3.8, 4) is 0 Å². The molecule has 0 aromatic heterocycles. The normalized spacial score (nSPS) is 24.3. The van der Waals surface area contributed by atoms with Crippen molar-refractivity contribution >= 4 is 0 Å². The van der Waals surface area contributed by atoms with E-state index in [0.29, 0.717) is 17.4 Å². The van der Waals surface area contributed by atoms with E-state index in [1.165, 1.54) is 6.07 Å². The highest BCUT2D eigenvalue weighted by Crippen LogP contribution is 2.41. The molecule has 0 saturated heterocycles. The zero-order chi connectivity index (χ0) is 15.6. The van der Waals surface area contributed by atoms with Crippen LogP contribution < -0.4 is 5.32 Å². The van der Waals surface area contributed by atoms with E-state index in [2.05, 4.69) is 12.2 Å². The van der Waals surface area contributed by atoms with E-state index in [0.717, 1.165) is 37.8 Å². The van der Waals surface area contributed by atoms with Crippen LogP contribution in [0.25, 0.3) is 0 Å². The van der Waals surface area contributed by atoms with Crippen LogP contribution in [0.15, 0.2) is 18.2 Å². The van der Waals surface area contributed by atoms with Gasteiger partial charge < -0.3 is 5.32 Å². The summed E-state index contributed by atoms with van der Waals surface area (Å²) in [4.78, 5) is 0. The zero-order valence-corrected chi connectivity index (χ0v) is 12.3. The Kier molecular flexibility index (Phi) is 4.91. The molecule has 1 aliphatic carbocycles. The third kappa shape index (κ3) is 3.57. The van der Waals surface area contributed by atoms with Crippen molar-refractivity contribution < 1.29 is 17.6 Å². The van der Waals surface area contributed by atoms with Gasteiger partial charge in [-0.2, -0.15) is 13.2 Å². The van der Waals surface area contributed by atoms with E-state index in [4.69, 9.17) is 0 Å². The van der Waals surface area contributed by atoms with Crippen molar-refractivity contribution in [1.82, 2.24) is 5.32 Å². The van der Waals surface area contributed by atoms with Gasteiger partial charge in [0.25, 0.3) is 0 Å². The molecule has 118 valence electrons. The topological polar surface area (TPSA) is 12.0 Å². The van der Waals surface area contributed by atoms with Crippen LogP contribution in [0.1, 0.15) is 49.8 Å². The monoisotopic (exact) mass is 303 g/mol. The van der Waals surface area contributed by atoms with Crippen molar-refractivity contribution in [3.05, 3.63) is 35.1 Å². The molecule has 0 aliphatic heterocycles. The quantitative estimate of drug-likeness (QED) is 0.778. The van der Waals surface area contributed by atoms with Crippen LogP contribution in [0.2, 0.25) is 0 Å². The maximum absolute atomic E-state index is 13.7. The van der Waals surface area contributed by atoms with Crippen LogP contribution in [-0.2, 0) is 6.18 Å². The molecule has 1 aliphatic rings. The number of nitrogens with one attached hydrogen (secondary N) is 1. The maximum atomic E-state index is 13.7. The summed E-state index contributed by atoms with van der Waals surface area (Å²) in [5, 5.41) is 3.14. The van der Waals surface area contributed by atoms with Crippen LogP contribution >= 0.6 is 0 Å². The first-order chi connectivity index (χ1) is 9.86. The molecule has 1 fully saturated rings. The molecule has 1 nitrogen and oxygen atoms in total. The molecule has 3 atom stereocenters. The second-order valence-electron chi connectivity index (χ2n) is 5.85. The molecule has 0 bridgehead atoms. The van der Waals surface area contributed by atoms with Gasteiger partial charge in [-0.05, 0) is 49.4 Å². The Labute approximate surface area is 122 Å². The standard InChI is InChI=1S/C16H21F4N/c1-3-10-4-5-11(8-10)15(21-2)12-6-7-13(14(17)9-12)16(18,19)20/h6-7,9-11,15,21H,3-5,8H2,1-2H3. The third-order valence-corrected chi connectivity index (χ3v) is 4.60. The minimum atomic E-state index is -4.64. The molecule has 0 heterocycles. The van der Waals surface area contributed by atoms with Crippen LogP contribution in [0.4, 0.5) is 17.6 Å². The van der Waals surface area contributed by atoms with Crippen molar-refractivity contribution in [2.24, 2.45) is 11.8 Å². The summed E-state index contributed by atoms with van der Waals surface area (Å²) in [6.45, 7) is 2.15. The van der Waals surface area contributed by atoms with Crippen molar-refractivity contribution in [2.75, 3.05) is 7.05 Å². The fourth-order valence-electron chi connectivity index (χ4n) is 3.42. The molecule has 1 N–H and O–H groups in total. The molecular weight excluding hydrogens is 282 g/mol. The molecule has 0 spiro atoms. The molecule has 5 heteroatoms. The lowest BCUT2D eigenvalue weighted by molar-refractivity contribution is -0.140. The minimum absolute atomic E-state index is 0.0849.